The molecule has 200 valence electrons. The van der Waals surface area contributed by atoms with Gasteiger partial charge in [0.25, 0.3) is 5.91 Å². The molecule has 4 rings (SSSR count). The summed E-state index contributed by atoms with van der Waals surface area (Å²) in [6.45, 7) is 5.25. The second-order valence-electron chi connectivity index (χ2n) is 9.87. The maximum absolute atomic E-state index is 12.9. The highest BCUT2D eigenvalue weighted by molar-refractivity contribution is 7.99. The van der Waals surface area contributed by atoms with Gasteiger partial charge in [-0.2, -0.15) is 0 Å². The van der Waals surface area contributed by atoms with Crippen LogP contribution in [0.4, 0.5) is 11.4 Å². The molecule has 9 heteroatoms. The van der Waals surface area contributed by atoms with Crippen LogP contribution in [0.25, 0.3) is 0 Å². The summed E-state index contributed by atoms with van der Waals surface area (Å²) in [5.41, 5.74) is 2.03. The molecule has 3 N–H and O–H groups in total. The number of rotatable bonds is 12. The smallest absolute Gasteiger partial charge is 0.257 e. The zero-order chi connectivity index (χ0) is 26.2. The third-order valence-corrected chi connectivity index (χ3v) is 7.63. The number of hydrogen-bond donors (Lipinski definition) is 3. The van der Waals surface area contributed by atoms with Crippen LogP contribution in [0.5, 0.6) is 5.75 Å². The van der Waals surface area contributed by atoms with E-state index in [1.807, 2.05) is 36.4 Å². The summed E-state index contributed by atoms with van der Waals surface area (Å²) in [5, 5.41) is 9.43. The van der Waals surface area contributed by atoms with E-state index in [9.17, 15) is 9.59 Å². The van der Waals surface area contributed by atoms with Crippen LogP contribution in [0.15, 0.2) is 52.3 Å². The SMILES string of the molecule is COC1OCC[C@@H]1NC(=O)C(CCCNC(=O)COc1ccc2c(c1)Nc1ccccc1S2)CC(C)C. The molecule has 1 fully saturated rings. The van der Waals surface area contributed by atoms with E-state index in [1.54, 1.807) is 18.9 Å². The van der Waals surface area contributed by atoms with Gasteiger partial charge in [0.1, 0.15) is 5.75 Å². The first-order chi connectivity index (χ1) is 17.9. The number of ether oxygens (including phenoxy) is 3. The molecular weight excluding hydrogens is 490 g/mol. The van der Waals surface area contributed by atoms with Gasteiger partial charge in [-0.25, -0.2) is 0 Å². The second-order valence-corrected chi connectivity index (χ2v) is 11.0. The van der Waals surface area contributed by atoms with Crippen LogP contribution in [-0.4, -0.2) is 51.0 Å². The molecule has 2 aromatic rings. The highest BCUT2D eigenvalue weighted by atomic mass is 32.2. The van der Waals surface area contributed by atoms with Crippen molar-refractivity contribution < 1.29 is 23.8 Å². The first-order valence-electron chi connectivity index (χ1n) is 12.9. The van der Waals surface area contributed by atoms with Crippen molar-refractivity contribution in [2.24, 2.45) is 11.8 Å². The zero-order valence-electron chi connectivity index (χ0n) is 21.8. The number of benzene rings is 2. The Labute approximate surface area is 223 Å². The lowest BCUT2D eigenvalue weighted by Gasteiger charge is -2.23. The molecule has 2 aliphatic heterocycles. The molecule has 0 aromatic heterocycles. The third-order valence-electron chi connectivity index (χ3n) is 6.47. The average molecular weight is 528 g/mol. The van der Waals surface area contributed by atoms with Crippen molar-refractivity contribution >= 4 is 35.0 Å². The van der Waals surface area contributed by atoms with E-state index in [1.165, 1.54) is 4.90 Å². The lowest BCUT2D eigenvalue weighted by atomic mass is 9.91. The first-order valence-corrected chi connectivity index (χ1v) is 13.8. The monoisotopic (exact) mass is 527 g/mol. The average Bonchev–Trinajstić information content (AvgIpc) is 3.34. The van der Waals surface area contributed by atoms with Crippen molar-refractivity contribution in [3.05, 3.63) is 42.5 Å². The molecule has 0 radical (unpaired) electrons. The molecule has 2 unspecified atom stereocenters. The van der Waals surface area contributed by atoms with Crippen molar-refractivity contribution in [2.45, 2.75) is 61.7 Å². The molecule has 1 saturated heterocycles. The van der Waals surface area contributed by atoms with Crippen LogP contribution < -0.4 is 20.7 Å². The number of carbonyl (C=O) groups excluding carboxylic acids is 2. The van der Waals surface area contributed by atoms with Crippen LogP contribution in [0.2, 0.25) is 0 Å². The summed E-state index contributed by atoms with van der Waals surface area (Å²) in [7, 11) is 1.59. The van der Waals surface area contributed by atoms with Crippen molar-refractivity contribution in [1.29, 1.82) is 0 Å². The highest BCUT2D eigenvalue weighted by Gasteiger charge is 2.31. The Morgan fingerprint density at radius 1 is 1.16 bits per heavy atom. The quantitative estimate of drug-likeness (QED) is 0.294. The molecule has 2 amide bonds. The topological polar surface area (TPSA) is 97.9 Å². The predicted molar refractivity (Wildman–Crippen MR) is 144 cm³/mol. The van der Waals surface area contributed by atoms with Crippen LogP contribution in [0, 0.1) is 11.8 Å². The van der Waals surface area contributed by atoms with Gasteiger partial charge >= 0.3 is 0 Å². The number of anilines is 2. The third kappa shape index (κ3) is 7.63. The van der Waals surface area contributed by atoms with Crippen molar-refractivity contribution in [3.63, 3.8) is 0 Å². The number of para-hydroxylation sites is 1. The molecule has 0 spiro atoms. The number of nitrogens with one attached hydrogen (secondary N) is 3. The van der Waals surface area contributed by atoms with E-state index in [-0.39, 0.29) is 36.7 Å². The minimum absolute atomic E-state index is 0.0303. The van der Waals surface area contributed by atoms with Gasteiger partial charge in [0, 0.05) is 35.4 Å². The fraction of sp³-hybridized carbons (Fsp3) is 0.500. The maximum Gasteiger partial charge on any atom is 0.257 e. The van der Waals surface area contributed by atoms with Gasteiger partial charge in [-0.05, 0) is 55.9 Å². The molecule has 3 atom stereocenters. The van der Waals surface area contributed by atoms with Crippen LogP contribution in [-0.2, 0) is 19.1 Å². The fourth-order valence-corrected chi connectivity index (χ4v) is 5.61. The summed E-state index contributed by atoms with van der Waals surface area (Å²) in [5.74, 6) is 0.774. The number of methoxy groups -OCH3 is 1. The molecule has 37 heavy (non-hydrogen) atoms. The number of fused-ring (bicyclic) bond motifs is 2. The number of carbonyl (C=O) groups is 2. The Bertz CT molecular complexity index is 1080. The van der Waals surface area contributed by atoms with Gasteiger partial charge in [0.05, 0.1) is 24.0 Å². The van der Waals surface area contributed by atoms with Crippen LogP contribution in [0.3, 0.4) is 0 Å². The van der Waals surface area contributed by atoms with Crippen molar-refractivity contribution in [3.8, 4) is 5.75 Å². The lowest BCUT2D eigenvalue weighted by Crippen LogP contribution is -2.44. The Kier molecular flexibility index (Phi) is 9.71. The zero-order valence-corrected chi connectivity index (χ0v) is 22.6. The molecule has 2 aromatic carbocycles. The Morgan fingerprint density at radius 2 is 1.97 bits per heavy atom. The molecule has 2 heterocycles. The van der Waals surface area contributed by atoms with E-state index in [0.717, 1.165) is 29.1 Å². The largest absolute Gasteiger partial charge is 0.484 e. The van der Waals surface area contributed by atoms with E-state index in [4.69, 9.17) is 14.2 Å². The lowest BCUT2D eigenvalue weighted by molar-refractivity contribution is -0.132. The van der Waals surface area contributed by atoms with Gasteiger partial charge in [-0.15, -0.1) is 0 Å². The Hall–Kier alpha value is -2.75. The Morgan fingerprint density at radius 3 is 2.78 bits per heavy atom. The summed E-state index contributed by atoms with van der Waals surface area (Å²) >= 11 is 1.71. The van der Waals surface area contributed by atoms with Crippen LogP contribution >= 0.6 is 11.8 Å². The highest BCUT2D eigenvalue weighted by Crippen LogP contribution is 2.44. The normalized spacial score (nSPS) is 18.9. The molecule has 8 nitrogen and oxygen atoms in total. The minimum Gasteiger partial charge on any atom is -0.484 e. The number of hydrogen-bond acceptors (Lipinski definition) is 7. The second kappa shape index (κ2) is 13.2. The fourth-order valence-electron chi connectivity index (χ4n) is 4.65. The molecule has 2 aliphatic rings. The molecule has 0 aliphatic carbocycles. The van der Waals surface area contributed by atoms with Gasteiger partial charge < -0.3 is 30.2 Å². The van der Waals surface area contributed by atoms with Gasteiger partial charge in [-0.1, -0.05) is 37.7 Å². The molecular formula is C28H37N3O5S. The van der Waals surface area contributed by atoms with Gasteiger partial charge in [-0.3, -0.25) is 9.59 Å². The van der Waals surface area contributed by atoms with E-state index < -0.39 is 0 Å². The van der Waals surface area contributed by atoms with E-state index in [0.29, 0.717) is 37.7 Å². The van der Waals surface area contributed by atoms with E-state index in [2.05, 4.69) is 35.9 Å². The van der Waals surface area contributed by atoms with E-state index >= 15 is 0 Å². The molecule has 0 saturated carbocycles. The van der Waals surface area contributed by atoms with Gasteiger partial charge in [0.15, 0.2) is 12.9 Å². The molecule has 0 bridgehead atoms. The summed E-state index contributed by atoms with van der Waals surface area (Å²) in [4.78, 5) is 27.6. The summed E-state index contributed by atoms with van der Waals surface area (Å²) in [6.07, 6.45) is 2.57. The Balaban J connectivity index is 1.19. The van der Waals surface area contributed by atoms with Gasteiger partial charge in [0.2, 0.25) is 5.91 Å². The van der Waals surface area contributed by atoms with Crippen molar-refractivity contribution in [1.82, 2.24) is 10.6 Å². The number of amides is 2. The summed E-state index contributed by atoms with van der Waals surface area (Å²) in [6, 6.07) is 13.8. The maximum atomic E-state index is 12.9. The minimum atomic E-state index is -0.386. The summed E-state index contributed by atoms with van der Waals surface area (Å²) < 4.78 is 16.5. The first kappa shape index (κ1) is 27.3. The van der Waals surface area contributed by atoms with Crippen molar-refractivity contribution in [2.75, 3.05) is 32.2 Å². The predicted octanol–water partition coefficient (Wildman–Crippen LogP) is 4.71. The van der Waals surface area contributed by atoms with Crippen LogP contribution in [0.1, 0.15) is 39.5 Å². The standard InChI is InChI=1S/C28H37N3O5S/c1-18(2)15-19(27(33)31-22-12-14-35-28(22)34-3)7-6-13-29-26(32)17-36-20-10-11-25-23(16-20)30-21-8-4-5-9-24(21)37-25/h4-5,8-11,16,18-19,22,28,30H,6-7,12-15,17H2,1-3H3,(H,29,32)(H,31,33)/t19?,22-,28?/m0/s1.